The van der Waals surface area contributed by atoms with Crippen LogP contribution in [0.3, 0.4) is 0 Å². The molecule has 1 aromatic carbocycles. The molecular formula is C8H7BrF2O. The third-order valence-electron chi connectivity index (χ3n) is 1.42. The Morgan fingerprint density at radius 1 is 1.33 bits per heavy atom. The molecule has 0 heterocycles. The zero-order valence-corrected chi connectivity index (χ0v) is 7.99. The quantitative estimate of drug-likeness (QED) is 0.718. The van der Waals surface area contributed by atoms with E-state index in [-0.39, 0.29) is 16.6 Å². The smallest absolute Gasteiger partial charge is 0.173 e. The van der Waals surface area contributed by atoms with Crippen molar-refractivity contribution in [3.05, 3.63) is 33.8 Å². The van der Waals surface area contributed by atoms with Crippen molar-refractivity contribution >= 4 is 15.9 Å². The topological polar surface area (TPSA) is 9.23 Å². The van der Waals surface area contributed by atoms with Crippen LogP contribution < -0.4 is 0 Å². The minimum Gasteiger partial charge on any atom is -0.380 e. The summed E-state index contributed by atoms with van der Waals surface area (Å²) in [6.45, 7) is 0.0794. The normalized spacial score (nSPS) is 10.3. The predicted octanol–water partition coefficient (Wildman–Crippen LogP) is 2.87. The number of hydrogen-bond donors (Lipinski definition) is 0. The molecule has 1 aromatic rings. The first kappa shape index (κ1) is 9.61. The van der Waals surface area contributed by atoms with Gasteiger partial charge in [-0.1, -0.05) is 6.07 Å². The van der Waals surface area contributed by atoms with Crippen LogP contribution in [0.2, 0.25) is 0 Å². The molecule has 12 heavy (non-hydrogen) atoms. The summed E-state index contributed by atoms with van der Waals surface area (Å²) < 4.78 is 30.6. The van der Waals surface area contributed by atoms with Crippen molar-refractivity contribution in [2.45, 2.75) is 6.61 Å². The van der Waals surface area contributed by atoms with Crippen LogP contribution in [0.4, 0.5) is 8.78 Å². The molecule has 0 amide bonds. The average molecular weight is 237 g/mol. The van der Waals surface area contributed by atoms with Crippen LogP contribution in [0.1, 0.15) is 5.56 Å². The Labute approximate surface area is 77.5 Å². The van der Waals surface area contributed by atoms with Gasteiger partial charge >= 0.3 is 0 Å². The first-order valence-corrected chi connectivity index (χ1v) is 4.07. The molecular weight excluding hydrogens is 230 g/mol. The van der Waals surface area contributed by atoms with Gasteiger partial charge in [-0.3, -0.25) is 0 Å². The molecule has 1 rings (SSSR count). The van der Waals surface area contributed by atoms with Crippen LogP contribution in [0.25, 0.3) is 0 Å². The van der Waals surface area contributed by atoms with E-state index >= 15 is 0 Å². The van der Waals surface area contributed by atoms with Crippen molar-refractivity contribution in [2.75, 3.05) is 7.11 Å². The van der Waals surface area contributed by atoms with Gasteiger partial charge in [0.1, 0.15) is 0 Å². The largest absolute Gasteiger partial charge is 0.380 e. The van der Waals surface area contributed by atoms with E-state index in [1.165, 1.54) is 19.2 Å². The van der Waals surface area contributed by atoms with Gasteiger partial charge in [0, 0.05) is 12.7 Å². The molecule has 0 bridgehead atoms. The monoisotopic (exact) mass is 236 g/mol. The number of hydrogen-bond acceptors (Lipinski definition) is 1. The Bertz CT molecular complexity index is 289. The van der Waals surface area contributed by atoms with Gasteiger partial charge in [-0.15, -0.1) is 0 Å². The molecule has 0 saturated carbocycles. The molecule has 0 aliphatic carbocycles. The fourth-order valence-electron chi connectivity index (χ4n) is 0.833. The predicted molar refractivity (Wildman–Crippen MR) is 44.8 cm³/mol. The van der Waals surface area contributed by atoms with E-state index in [0.717, 1.165) is 0 Å². The fourth-order valence-corrected chi connectivity index (χ4v) is 1.14. The maximum atomic E-state index is 13.0. The molecule has 0 radical (unpaired) electrons. The van der Waals surface area contributed by atoms with Crippen molar-refractivity contribution < 1.29 is 13.5 Å². The van der Waals surface area contributed by atoms with E-state index in [1.54, 1.807) is 0 Å². The van der Waals surface area contributed by atoms with E-state index in [0.29, 0.717) is 0 Å². The molecule has 4 heteroatoms. The van der Waals surface area contributed by atoms with Crippen LogP contribution in [0.15, 0.2) is 16.6 Å². The summed E-state index contributed by atoms with van der Waals surface area (Å²) >= 11 is 2.88. The highest BCUT2D eigenvalue weighted by Crippen LogP contribution is 2.21. The fraction of sp³-hybridized carbons (Fsp3) is 0.250. The summed E-state index contributed by atoms with van der Waals surface area (Å²) in [6, 6.07) is 2.93. The van der Waals surface area contributed by atoms with Gasteiger partial charge in [-0.25, -0.2) is 8.78 Å². The first-order valence-electron chi connectivity index (χ1n) is 3.28. The van der Waals surface area contributed by atoms with Gasteiger partial charge in [0.2, 0.25) is 0 Å². The maximum absolute atomic E-state index is 13.0. The van der Waals surface area contributed by atoms with Crippen molar-refractivity contribution in [2.24, 2.45) is 0 Å². The lowest BCUT2D eigenvalue weighted by molar-refractivity contribution is 0.180. The molecule has 0 fully saturated rings. The second-order valence-corrected chi connectivity index (χ2v) is 3.12. The Hall–Kier alpha value is -0.480. The van der Waals surface area contributed by atoms with E-state index in [2.05, 4.69) is 20.7 Å². The van der Waals surface area contributed by atoms with E-state index in [9.17, 15) is 8.78 Å². The summed E-state index contributed by atoms with van der Waals surface area (Å²) in [5.41, 5.74) is 0.221. The maximum Gasteiger partial charge on any atom is 0.173 e. The van der Waals surface area contributed by atoms with Crippen LogP contribution in [0.5, 0.6) is 0 Å². The molecule has 0 aromatic heterocycles. The number of benzene rings is 1. The highest BCUT2D eigenvalue weighted by Gasteiger charge is 2.10. The number of methoxy groups -OCH3 is 1. The standard InChI is InChI=1S/C8H7BrF2O/c1-12-4-5-2-3-6(9)8(11)7(5)10/h2-3H,4H2,1H3. The number of ether oxygens (including phenoxy) is 1. The lowest BCUT2D eigenvalue weighted by Gasteiger charge is -2.03. The second kappa shape index (κ2) is 3.96. The van der Waals surface area contributed by atoms with Crippen molar-refractivity contribution in [1.29, 1.82) is 0 Å². The zero-order valence-electron chi connectivity index (χ0n) is 6.40. The van der Waals surface area contributed by atoms with Gasteiger partial charge in [-0.05, 0) is 22.0 Å². The Morgan fingerprint density at radius 2 is 2.00 bits per heavy atom. The van der Waals surface area contributed by atoms with E-state index in [4.69, 9.17) is 0 Å². The third-order valence-corrected chi connectivity index (χ3v) is 2.03. The summed E-state index contributed by atoms with van der Waals surface area (Å²) in [6.07, 6.45) is 0. The lowest BCUT2D eigenvalue weighted by atomic mass is 10.2. The molecule has 0 aliphatic heterocycles. The number of halogens is 3. The van der Waals surface area contributed by atoms with Gasteiger partial charge in [0.25, 0.3) is 0 Å². The SMILES string of the molecule is COCc1ccc(Br)c(F)c1F. The highest BCUT2D eigenvalue weighted by molar-refractivity contribution is 9.10. The molecule has 0 unspecified atom stereocenters. The minimum absolute atomic E-state index is 0.0794. The van der Waals surface area contributed by atoms with Crippen molar-refractivity contribution in [1.82, 2.24) is 0 Å². The second-order valence-electron chi connectivity index (χ2n) is 2.27. The van der Waals surface area contributed by atoms with Crippen molar-refractivity contribution in [3.8, 4) is 0 Å². The van der Waals surface area contributed by atoms with Gasteiger partial charge in [0.05, 0.1) is 11.1 Å². The average Bonchev–Trinajstić information content (AvgIpc) is 2.07. The number of rotatable bonds is 2. The summed E-state index contributed by atoms with van der Waals surface area (Å²) in [4.78, 5) is 0. The summed E-state index contributed by atoms with van der Waals surface area (Å²) in [5.74, 6) is -1.73. The first-order chi connectivity index (χ1) is 5.66. The minimum atomic E-state index is -0.871. The molecule has 0 saturated heterocycles. The summed E-state index contributed by atoms with van der Waals surface area (Å²) in [7, 11) is 1.43. The molecule has 0 aliphatic rings. The van der Waals surface area contributed by atoms with E-state index in [1.807, 2.05) is 0 Å². The van der Waals surface area contributed by atoms with Crippen molar-refractivity contribution in [3.63, 3.8) is 0 Å². The Morgan fingerprint density at radius 3 is 2.58 bits per heavy atom. The third kappa shape index (κ3) is 1.81. The zero-order chi connectivity index (χ0) is 9.14. The van der Waals surface area contributed by atoms with Crippen LogP contribution in [0, 0.1) is 11.6 Å². The molecule has 66 valence electrons. The lowest BCUT2D eigenvalue weighted by Crippen LogP contribution is -1.96. The Balaban J connectivity index is 3.08. The van der Waals surface area contributed by atoms with Gasteiger partial charge < -0.3 is 4.74 Å². The summed E-state index contributed by atoms with van der Waals surface area (Å²) in [5, 5.41) is 0. The highest BCUT2D eigenvalue weighted by atomic mass is 79.9. The van der Waals surface area contributed by atoms with Gasteiger partial charge in [-0.2, -0.15) is 0 Å². The Kier molecular flexibility index (Phi) is 3.17. The molecule has 0 atom stereocenters. The van der Waals surface area contributed by atoms with Crippen LogP contribution in [-0.2, 0) is 11.3 Å². The molecule has 0 spiro atoms. The van der Waals surface area contributed by atoms with E-state index < -0.39 is 11.6 Å². The molecule has 0 N–H and O–H groups in total. The van der Waals surface area contributed by atoms with Crippen LogP contribution in [-0.4, -0.2) is 7.11 Å². The van der Waals surface area contributed by atoms with Gasteiger partial charge in [0.15, 0.2) is 11.6 Å². The molecule has 1 nitrogen and oxygen atoms in total. The van der Waals surface area contributed by atoms with Crippen LogP contribution >= 0.6 is 15.9 Å².